The summed E-state index contributed by atoms with van der Waals surface area (Å²) in [7, 11) is 1.50. The van der Waals surface area contributed by atoms with Gasteiger partial charge >= 0.3 is 0 Å². The smallest absolute Gasteiger partial charge is 0.134 e. The Bertz CT molecular complexity index is 1020. The van der Waals surface area contributed by atoms with Gasteiger partial charge in [0, 0.05) is 24.7 Å². The molecule has 4 rings (SSSR count). The summed E-state index contributed by atoms with van der Waals surface area (Å²) in [6, 6.07) is 27.3. The topological polar surface area (TPSA) is 75.8 Å². The zero-order chi connectivity index (χ0) is 26.0. The Kier molecular flexibility index (Phi) is 9.68. The quantitative estimate of drug-likeness (QED) is 0.386. The van der Waals surface area contributed by atoms with Crippen LogP contribution in [-0.4, -0.2) is 48.1 Å². The molecule has 192 valence electrons. The standard InChI is InChI=1S/C30H35NO3.CH5N/c1-29(2,31-20-16-27(17-21-31)34-28-15-9-14-26(33)22-28)18-19-30(23-32,24-10-5-3-6-11-24)25-12-7-4-8-13-25;1-2/h3-15,22-23,27,33H,16-21H2,1-2H3;2H2,1H3. The van der Waals surface area contributed by atoms with Crippen LogP contribution in [0.2, 0.25) is 0 Å². The fourth-order valence-electron chi connectivity index (χ4n) is 5.11. The largest absolute Gasteiger partial charge is 0.508 e. The molecule has 3 aromatic rings. The maximum Gasteiger partial charge on any atom is 0.134 e. The van der Waals surface area contributed by atoms with Crippen LogP contribution in [0.15, 0.2) is 84.9 Å². The first-order valence-corrected chi connectivity index (χ1v) is 12.8. The van der Waals surface area contributed by atoms with Crippen molar-refractivity contribution in [2.24, 2.45) is 5.73 Å². The summed E-state index contributed by atoms with van der Waals surface area (Å²) in [5.41, 5.74) is 5.89. The van der Waals surface area contributed by atoms with Gasteiger partial charge in [-0.2, -0.15) is 0 Å². The Morgan fingerprint density at radius 3 is 1.94 bits per heavy atom. The second-order valence-electron chi connectivity index (χ2n) is 9.94. The molecule has 0 atom stereocenters. The first-order valence-electron chi connectivity index (χ1n) is 12.8. The molecule has 1 saturated heterocycles. The van der Waals surface area contributed by atoms with Gasteiger partial charge in [-0.3, -0.25) is 4.90 Å². The van der Waals surface area contributed by atoms with Gasteiger partial charge < -0.3 is 20.4 Å². The van der Waals surface area contributed by atoms with Gasteiger partial charge in [0.25, 0.3) is 0 Å². The maximum absolute atomic E-state index is 12.7. The molecule has 3 N–H and O–H groups in total. The number of aldehydes is 1. The fourth-order valence-corrected chi connectivity index (χ4v) is 5.11. The van der Waals surface area contributed by atoms with E-state index in [2.05, 4.69) is 48.7 Å². The molecule has 1 heterocycles. The first kappa shape index (κ1) is 27.4. The van der Waals surface area contributed by atoms with E-state index in [9.17, 15) is 9.90 Å². The van der Waals surface area contributed by atoms with E-state index >= 15 is 0 Å². The third-order valence-corrected chi connectivity index (χ3v) is 7.33. The number of benzene rings is 3. The molecule has 0 spiro atoms. The number of phenols is 1. The molecule has 0 unspecified atom stereocenters. The van der Waals surface area contributed by atoms with Crippen LogP contribution in [0.25, 0.3) is 0 Å². The summed E-state index contributed by atoms with van der Waals surface area (Å²) in [6.07, 6.45) is 4.81. The second-order valence-corrected chi connectivity index (χ2v) is 9.94. The predicted octanol–water partition coefficient (Wildman–Crippen LogP) is 5.55. The Morgan fingerprint density at radius 2 is 1.44 bits per heavy atom. The van der Waals surface area contributed by atoms with Gasteiger partial charge in [-0.25, -0.2) is 0 Å². The van der Waals surface area contributed by atoms with Crippen molar-refractivity contribution in [3.05, 3.63) is 96.1 Å². The van der Waals surface area contributed by atoms with Gasteiger partial charge in [0.1, 0.15) is 23.9 Å². The van der Waals surface area contributed by atoms with Crippen LogP contribution in [0, 0.1) is 0 Å². The Labute approximate surface area is 215 Å². The molecule has 0 bridgehead atoms. The molecule has 1 aliphatic heterocycles. The maximum atomic E-state index is 12.7. The highest BCUT2D eigenvalue weighted by Crippen LogP contribution is 2.38. The molecular weight excluding hydrogens is 448 g/mol. The molecule has 5 heteroatoms. The highest BCUT2D eigenvalue weighted by atomic mass is 16.5. The van der Waals surface area contributed by atoms with Crippen LogP contribution in [0.1, 0.15) is 50.7 Å². The first-order chi connectivity index (χ1) is 17.4. The fraction of sp³-hybridized carbons (Fsp3) is 0.387. The van der Waals surface area contributed by atoms with Gasteiger partial charge in [-0.15, -0.1) is 0 Å². The number of aromatic hydroxyl groups is 1. The lowest BCUT2D eigenvalue weighted by molar-refractivity contribution is -0.111. The SMILES string of the molecule is CC(C)(CCC(C=O)(c1ccccc1)c1ccccc1)N1CCC(Oc2cccc(O)c2)CC1.CN. The normalized spacial score (nSPS) is 15.0. The number of hydrogen-bond acceptors (Lipinski definition) is 5. The Balaban J connectivity index is 0.00000176. The molecule has 0 aromatic heterocycles. The van der Waals surface area contributed by atoms with Crippen molar-refractivity contribution in [2.75, 3.05) is 20.1 Å². The molecule has 36 heavy (non-hydrogen) atoms. The second kappa shape index (κ2) is 12.7. The minimum absolute atomic E-state index is 0.0478. The molecule has 0 saturated carbocycles. The van der Waals surface area contributed by atoms with Crippen LogP contribution in [0.4, 0.5) is 0 Å². The number of ether oxygens (including phenoxy) is 1. The third-order valence-electron chi connectivity index (χ3n) is 7.33. The molecule has 0 amide bonds. The molecule has 5 nitrogen and oxygen atoms in total. The molecule has 3 aromatic carbocycles. The third kappa shape index (κ3) is 6.54. The van der Waals surface area contributed by atoms with Crippen LogP contribution < -0.4 is 10.5 Å². The number of rotatable bonds is 9. The summed E-state index contributed by atoms with van der Waals surface area (Å²) in [4.78, 5) is 15.2. The molecule has 0 aliphatic carbocycles. The predicted molar refractivity (Wildman–Crippen MR) is 146 cm³/mol. The summed E-state index contributed by atoms with van der Waals surface area (Å²) >= 11 is 0. The van der Waals surface area contributed by atoms with E-state index in [-0.39, 0.29) is 17.4 Å². The van der Waals surface area contributed by atoms with E-state index in [1.165, 1.54) is 7.05 Å². The number of hydrogen-bond donors (Lipinski definition) is 2. The van der Waals surface area contributed by atoms with E-state index in [0.717, 1.165) is 61.9 Å². The minimum Gasteiger partial charge on any atom is -0.508 e. The minimum atomic E-state index is -0.656. The number of nitrogens with two attached hydrogens (primary N) is 1. The van der Waals surface area contributed by atoms with Crippen molar-refractivity contribution in [3.8, 4) is 11.5 Å². The molecule has 0 radical (unpaired) electrons. The summed E-state index contributed by atoms with van der Waals surface area (Å²) < 4.78 is 6.11. The highest BCUT2D eigenvalue weighted by molar-refractivity contribution is 5.75. The van der Waals surface area contributed by atoms with Crippen LogP contribution in [0.3, 0.4) is 0 Å². The lowest BCUT2D eigenvalue weighted by atomic mass is 9.70. The summed E-state index contributed by atoms with van der Waals surface area (Å²) in [6.45, 7) is 6.46. The van der Waals surface area contributed by atoms with E-state index in [0.29, 0.717) is 0 Å². The number of phenolic OH excluding ortho intramolecular Hbond substituents is 1. The number of carbonyl (C=O) groups is 1. The van der Waals surface area contributed by atoms with Gasteiger partial charge in [-0.1, -0.05) is 66.7 Å². The number of nitrogens with zero attached hydrogens (tertiary/aromatic N) is 1. The van der Waals surface area contributed by atoms with Gasteiger partial charge in [0.15, 0.2) is 0 Å². The van der Waals surface area contributed by atoms with E-state index < -0.39 is 5.41 Å². The van der Waals surface area contributed by atoms with Gasteiger partial charge in [0.05, 0.1) is 5.41 Å². The average molecular weight is 489 g/mol. The van der Waals surface area contributed by atoms with Crippen molar-refractivity contribution in [1.82, 2.24) is 4.90 Å². The van der Waals surface area contributed by atoms with Crippen molar-refractivity contribution >= 4 is 6.29 Å². The van der Waals surface area contributed by atoms with Crippen LogP contribution >= 0.6 is 0 Å². The van der Waals surface area contributed by atoms with Gasteiger partial charge in [0.2, 0.25) is 0 Å². The summed E-state index contributed by atoms with van der Waals surface area (Å²) in [5.74, 6) is 0.950. The van der Waals surface area contributed by atoms with E-state index in [1.54, 1.807) is 12.1 Å². The zero-order valence-corrected chi connectivity index (χ0v) is 21.8. The van der Waals surface area contributed by atoms with Crippen molar-refractivity contribution in [3.63, 3.8) is 0 Å². The number of carbonyl (C=O) groups excluding carboxylic acids is 1. The average Bonchev–Trinajstić information content (AvgIpc) is 2.92. The Hall–Kier alpha value is -3.15. The van der Waals surface area contributed by atoms with Crippen molar-refractivity contribution in [2.45, 2.75) is 56.6 Å². The number of likely N-dealkylation sites (tertiary alicyclic amines) is 1. The van der Waals surface area contributed by atoms with Crippen molar-refractivity contribution in [1.29, 1.82) is 0 Å². The summed E-state index contributed by atoms with van der Waals surface area (Å²) in [5, 5.41) is 9.69. The molecular formula is C31H40N2O3. The van der Waals surface area contributed by atoms with Crippen molar-refractivity contribution < 1.29 is 14.6 Å². The van der Waals surface area contributed by atoms with Crippen LogP contribution in [0.5, 0.6) is 11.5 Å². The number of piperidine rings is 1. The monoisotopic (exact) mass is 488 g/mol. The van der Waals surface area contributed by atoms with Gasteiger partial charge in [-0.05, 0) is 69.8 Å². The highest BCUT2D eigenvalue weighted by Gasteiger charge is 2.38. The lowest BCUT2D eigenvalue weighted by Gasteiger charge is -2.44. The van der Waals surface area contributed by atoms with E-state index in [4.69, 9.17) is 4.74 Å². The lowest BCUT2D eigenvalue weighted by Crippen LogP contribution is -2.50. The van der Waals surface area contributed by atoms with Crippen LogP contribution in [-0.2, 0) is 10.2 Å². The molecule has 1 aliphatic rings. The Morgan fingerprint density at radius 1 is 0.889 bits per heavy atom. The zero-order valence-electron chi connectivity index (χ0n) is 21.8. The molecule has 1 fully saturated rings. The van der Waals surface area contributed by atoms with E-state index in [1.807, 2.05) is 48.5 Å².